The van der Waals surface area contributed by atoms with Gasteiger partial charge in [-0.15, -0.1) is 0 Å². The van der Waals surface area contributed by atoms with E-state index < -0.39 is 0 Å². The maximum absolute atomic E-state index is 8.99. The van der Waals surface area contributed by atoms with Gasteiger partial charge in [0.05, 0.1) is 5.52 Å². The van der Waals surface area contributed by atoms with Crippen LogP contribution >= 0.6 is 0 Å². The van der Waals surface area contributed by atoms with Crippen LogP contribution < -0.4 is 5.73 Å². The monoisotopic (exact) mass is 281 g/mol. The molecule has 3 aromatic rings. The van der Waals surface area contributed by atoms with Gasteiger partial charge in [-0.3, -0.25) is 4.57 Å². The molecule has 0 spiro atoms. The topological polar surface area (TPSA) is 89.3 Å². The maximum Gasteiger partial charge on any atom is 0.170 e. The number of nitrogens with two attached hydrogens (primary N) is 1. The second-order valence-electron chi connectivity index (χ2n) is 4.60. The molecule has 0 fully saturated rings. The number of para-hydroxylation sites is 1. The Hall–Kier alpha value is -2.89. The third kappa shape index (κ3) is 2.20. The standard InChI is InChI=1S/C15H15N5O/c1-2-13-17-7-8-20(13)14-9-11(15(16)19-21)10-5-3-4-6-12(10)18-14/h3-9,21H,2H2,1H3,(H2,16,19). The number of fused-ring (bicyclic) bond motifs is 1. The highest BCUT2D eigenvalue weighted by atomic mass is 16.4. The number of pyridine rings is 1. The third-order valence-corrected chi connectivity index (χ3v) is 3.37. The molecule has 0 radical (unpaired) electrons. The molecular weight excluding hydrogens is 266 g/mol. The van der Waals surface area contributed by atoms with Crippen molar-refractivity contribution >= 4 is 16.7 Å². The highest BCUT2D eigenvalue weighted by Gasteiger charge is 2.12. The van der Waals surface area contributed by atoms with Crippen LogP contribution in [0.4, 0.5) is 0 Å². The summed E-state index contributed by atoms with van der Waals surface area (Å²) in [6, 6.07) is 9.40. The second kappa shape index (κ2) is 5.24. The van der Waals surface area contributed by atoms with Crippen LogP contribution in [0.1, 0.15) is 18.3 Å². The fourth-order valence-electron chi connectivity index (χ4n) is 2.36. The summed E-state index contributed by atoms with van der Waals surface area (Å²) in [6.07, 6.45) is 4.38. The van der Waals surface area contributed by atoms with Crippen molar-refractivity contribution in [2.45, 2.75) is 13.3 Å². The zero-order valence-corrected chi connectivity index (χ0v) is 11.6. The molecule has 6 nitrogen and oxygen atoms in total. The minimum absolute atomic E-state index is 0.0630. The van der Waals surface area contributed by atoms with E-state index in [1.807, 2.05) is 42.0 Å². The number of aromatic nitrogens is 3. The predicted molar refractivity (Wildman–Crippen MR) is 80.8 cm³/mol. The molecule has 21 heavy (non-hydrogen) atoms. The molecule has 0 bridgehead atoms. The first kappa shape index (κ1) is 13.1. The van der Waals surface area contributed by atoms with Crippen LogP contribution in [0.2, 0.25) is 0 Å². The van der Waals surface area contributed by atoms with E-state index in [1.54, 1.807) is 12.3 Å². The zero-order chi connectivity index (χ0) is 14.8. The number of benzene rings is 1. The predicted octanol–water partition coefficient (Wildman–Crippen LogP) is 2.08. The third-order valence-electron chi connectivity index (χ3n) is 3.37. The summed E-state index contributed by atoms with van der Waals surface area (Å²) >= 11 is 0. The summed E-state index contributed by atoms with van der Waals surface area (Å²) < 4.78 is 1.90. The van der Waals surface area contributed by atoms with Crippen molar-refractivity contribution in [1.29, 1.82) is 0 Å². The van der Waals surface area contributed by atoms with Crippen molar-refractivity contribution < 1.29 is 5.21 Å². The molecule has 3 N–H and O–H groups in total. The summed E-state index contributed by atoms with van der Waals surface area (Å²) in [5.41, 5.74) is 7.23. The smallest absolute Gasteiger partial charge is 0.170 e. The molecule has 0 unspecified atom stereocenters. The molecule has 1 aromatic carbocycles. The molecule has 106 valence electrons. The Kier molecular flexibility index (Phi) is 3.27. The van der Waals surface area contributed by atoms with Crippen LogP contribution in [0.25, 0.3) is 16.7 Å². The van der Waals surface area contributed by atoms with Gasteiger partial charge in [0, 0.05) is 29.8 Å². The van der Waals surface area contributed by atoms with Crippen LogP contribution in [0, 0.1) is 0 Å². The number of hydrogen-bond donors (Lipinski definition) is 2. The van der Waals surface area contributed by atoms with Crippen molar-refractivity contribution in [2.24, 2.45) is 10.9 Å². The van der Waals surface area contributed by atoms with Gasteiger partial charge >= 0.3 is 0 Å². The number of rotatable bonds is 3. The summed E-state index contributed by atoms with van der Waals surface area (Å²) in [7, 11) is 0. The largest absolute Gasteiger partial charge is 0.409 e. The Morgan fingerprint density at radius 2 is 2.19 bits per heavy atom. The quantitative estimate of drug-likeness (QED) is 0.333. The Balaban J connectivity index is 2.30. The average molecular weight is 281 g/mol. The summed E-state index contributed by atoms with van der Waals surface area (Å²) in [5, 5.41) is 13.0. The van der Waals surface area contributed by atoms with E-state index in [0.717, 1.165) is 23.1 Å². The molecule has 0 aliphatic carbocycles. The van der Waals surface area contributed by atoms with Gasteiger partial charge in [-0.25, -0.2) is 9.97 Å². The van der Waals surface area contributed by atoms with E-state index in [2.05, 4.69) is 15.1 Å². The molecule has 0 atom stereocenters. The Bertz CT molecular complexity index is 822. The van der Waals surface area contributed by atoms with Crippen molar-refractivity contribution in [2.75, 3.05) is 0 Å². The van der Waals surface area contributed by atoms with Crippen LogP contribution in [-0.4, -0.2) is 25.6 Å². The van der Waals surface area contributed by atoms with E-state index >= 15 is 0 Å². The minimum Gasteiger partial charge on any atom is -0.409 e. The van der Waals surface area contributed by atoms with Gasteiger partial charge in [0.15, 0.2) is 5.84 Å². The first-order valence-electron chi connectivity index (χ1n) is 6.65. The van der Waals surface area contributed by atoms with Gasteiger partial charge in [0.25, 0.3) is 0 Å². The van der Waals surface area contributed by atoms with Crippen LogP contribution in [0.3, 0.4) is 0 Å². The number of nitrogens with zero attached hydrogens (tertiary/aromatic N) is 4. The van der Waals surface area contributed by atoms with Gasteiger partial charge in [-0.05, 0) is 12.1 Å². The van der Waals surface area contributed by atoms with Crippen molar-refractivity contribution in [3.63, 3.8) is 0 Å². The molecule has 3 rings (SSSR count). The fraction of sp³-hybridized carbons (Fsp3) is 0.133. The number of oxime groups is 1. The molecule has 2 heterocycles. The lowest BCUT2D eigenvalue weighted by Gasteiger charge is -2.10. The zero-order valence-electron chi connectivity index (χ0n) is 11.6. The van der Waals surface area contributed by atoms with Gasteiger partial charge in [0.1, 0.15) is 11.6 Å². The normalized spacial score (nSPS) is 12.0. The highest BCUT2D eigenvalue weighted by Crippen LogP contribution is 2.21. The fourth-order valence-corrected chi connectivity index (χ4v) is 2.36. The average Bonchev–Trinajstić information content (AvgIpc) is 3.01. The Morgan fingerprint density at radius 3 is 2.95 bits per heavy atom. The molecule has 0 amide bonds. The van der Waals surface area contributed by atoms with E-state index in [9.17, 15) is 0 Å². The lowest BCUT2D eigenvalue weighted by Crippen LogP contribution is -2.15. The molecule has 2 aromatic heterocycles. The lowest BCUT2D eigenvalue weighted by atomic mass is 10.1. The van der Waals surface area contributed by atoms with Crippen LogP contribution in [0.15, 0.2) is 47.9 Å². The van der Waals surface area contributed by atoms with Crippen molar-refractivity contribution in [3.05, 3.63) is 54.1 Å². The van der Waals surface area contributed by atoms with Crippen LogP contribution in [-0.2, 0) is 6.42 Å². The molecule has 0 saturated heterocycles. The van der Waals surface area contributed by atoms with Gasteiger partial charge in [0.2, 0.25) is 0 Å². The number of aryl methyl sites for hydroxylation is 1. The van der Waals surface area contributed by atoms with E-state index in [0.29, 0.717) is 11.4 Å². The van der Waals surface area contributed by atoms with Gasteiger partial charge < -0.3 is 10.9 Å². The molecule has 0 aliphatic heterocycles. The lowest BCUT2D eigenvalue weighted by molar-refractivity contribution is 0.318. The molecule has 0 saturated carbocycles. The molecular formula is C15H15N5O. The first-order chi connectivity index (χ1) is 10.2. The Labute approximate surface area is 121 Å². The van der Waals surface area contributed by atoms with E-state index in [4.69, 9.17) is 10.9 Å². The van der Waals surface area contributed by atoms with Gasteiger partial charge in [-0.1, -0.05) is 30.3 Å². The summed E-state index contributed by atoms with van der Waals surface area (Å²) in [4.78, 5) is 8.93. The van der Waals surface area contributed by atoms with Gasteiger partial charge in [-0.2, -0.15) is 0 Å². The number of hydrogen-bond acceptors (Lipinski definition) is 4. The van der Waals surface area contributed by atoms with Crippen molar-refractivity contribution in [3.8, 4) is 5.82 Å². The SMILES string of the molecule is CCc1nccn1-c1cc(C(N)=NO)c2ccccc2n1. The molecule has 0 aliphatic rings. The van der Waals surface area contributed by atoms with E-state index in [1.165, 1.54) is 0 Å². The number of amidine groups is 1. The van der Waals surface area contributed by atoms with Crippen LogP contribution in [0.5, 0.6) is 0 Å². The summed E-state index contributed by atoms with van der Waals surface area (Å²) in [6.45, 7) is 2.03. The minimum atomic E-state index is 0.0630. The maximum atomic E-state index is 8.99. The number of imidazole rings is 1. The highest BCUT2D eigenvalue weighted by molar-refractivity contribution is 6.08. The van der Waals surface area contributed by atoms with Crippen molar-refractivity contribution in [1.82, 2.24) is 14.5 Å². The van der Waals surface area contributed by atoms with E-state index in [-0.39, 0.29) is 5.84 Å². The first-order valence-corrected chi connectivity index (χ1v) is 6.65. The molecule has 6 heteroatoms. The summed E-state index contributed by atoms with van der Waals surface area (Å²) in [5.74, 6) is 1.67. The Morgan fingerprint density at radius 1 is 1.38 bits per heavy atom. The second-order valence-corrected chi connectivity index (χ2v) is 4.60.